The van der Waals surface area contributed by atoms with Crippen molar-refractivity contribution in [2.75, 3.05) is 24.3 Å². The molecule has 0 spiro atoms. The number of anilines is 2. The van der Waals surface area contributed by atoms with E-state index >= 15 is 0 Å². The Morgan fingerprint density at radius 2 is 1.90 bits per heavy atom. The third kappa shape index (κ3) is 4.40. The summed E-state index contributed by atoms with van der Waals surface area (Å²) in [6, 6.07) is 5.15. The first-order valence-corrected chi connectivity index (χ1v) is 11.2. The van der Waals surface area contributed by atoms with Crippen LogP contribution in [0.25, 0.3) is 21.5 Å². The number of carbonyl (C=O) groups is 2. The third-order valence-electron chi connectivity index (χ3n) is 4.38. The minimum absolute atomic E-state index is 0.0994. The zero-order valence-corrected chi connectivity index (χ0v) is 18.8. The molecule has 0 bridgehead atoms. The molecule has 0 unspecified atom stereocenters. The number of nitrogens with one attached hydrogen (secondary N) is 1. The summed E-state index contributed by atoms with van der Waals surface area (Å²) in [7, 11) is 0. The lowest BCUT2D eigenvalue weighted by Crippen LogP contribution is -2.39. The van der Waals surface area contributed by atoms with Crippen LogP contribution in [0, 0.1) is 0 Å². The SMILES string of the molecule is CSc1nc(-c2ccc(C(=O)CNC(C)(C)C)c(N)c2)c2c(N)c(C(N)=O)sc2n1. The van der Waals surface area contributed by atoms with Gasteiger partial charge in [0.2, 0.25) is 0 Å². The lowest BCUT2D eigenvalue weighted by molar-refractivity contribution is 0.0980. The number of hydrogen-bond acceptors (Lipinski definition) is 9. The first-order chi connectivity index (χ1) is 14.0. The molecular weight excluding hydrogens is 420 g/mol. The van der Waals surface area contributed by atoms with Gasteiger partial charge in [-0.3, -0.25) is 9.59 Å². The number of amides is 1. The molecule has 2 aromatic heterocycles. The second-order valence-electron chi connectivity index (χ2n) is 7.78. The van der Waals surface area contributed by atoms with Gasteiger partial charge >= 0.3 is 0 Å². The summed E-state index contributed by atoms with van der Waals surface area (Å²) in [5, 5.41) is 4.25. The van der Waals surface area contributed by atoms with Crippen LogP contribution in [-0.4, -0.2) is 40.0 Å². The van der Waals surface area contributed by atoms with Gasteiger partial charge in [0.15, 0.2) is 10.9 Å². The molecule has 0 saturated heterocycles. The molecule has 30 heavy (non-hydrogen) atoms. The number of thiophene rings is 1. The summed E-state index contributed by atoms with van der Waals surface area (Å²) < 4.78 is 0. The van der Waals surface area contributed by atoms with E-state index in [-0.39, 0.29) is 28.4 Å². The lowest BCUT2D eigenvalue weighted by Gasteiger charge is -2.20. The average molecular weight is 445 g/mol. The Labute approximate surface area is 182 Å². The number of primary amides is 1. The first-order valence-electron chi connectivity index (χ1n) is 9.13. The fourth-order valence-corrected chi connectivity index (χ4v) is 4.26. The van der Waals surface area contributed by atoms with Crippen LogP contribution >= 0.6 is 23.1 Å². The Morgan fingerprint density at radius 3 is 2.47 bits per heavy atom. The van der Waals surface area contributed by atoms with Gasteiger partial charge in [-0.15, -0.1) is 11.3 Å². The largest absolute Gasteiger partial charge is 0.398 e. The highest BCUT2D eigenvalue weighted by Crippen LogP contribution is 2.39. The number of Topliss-reactive ketones (excluding diaryl/α,β-unsaturated/α-hetero) is 1. The van der Waals surface area contributed by atoms with Crippen molar-refractivity contribution in [1.29, 1.82) is 0 Å². The average Bonchev–Trinajstić information content (AvgIpc) is 3.01. The van der Waals surface area contributed by atoms with Crippen LogP contribution in [-0.2, 0) is 0 Å². The zero-order valence-electron chi connectivity index (χ0n) is 17.2. The van der Waals surface area contributed by atoms with E-state index < -0.39 is 5.91 Å². The molecule has 3 aromatic rings. The number of ketones is 1. The molecule has 10 heteroatoms. The Bertz CT molecular complexity index is 1150. The van der Waals surface area contributed by atoms with Crippen LogP contribution in [0.4, 0.5) is 11.4 Å². The number of aromatic nitrogens is 2. The van der Waals surface area contributed by atoms with Crippen molar-refractivity contribution in [3.8, 4) is 11.3 Å². The summed E-state index contributed by atoms with van der Waals surface area (Å²) in [5.74, 6) is -0.711. The van der Waals surface area contributed by atoms with E-state index in [1.807, 2.05) is 27.0 Å². The topological polar surface area (TPSA) is 150 Å². The van der Waals surface area contributed by atoms with Gasteiger partial charge in [-0.1, -0.05) is 17.8 Å². The van der Waals surface area contributed by atoms with Gasteiger partial charge in [0.05, 0.1) is 23.3 Å². The molecule has 0 atom stereocenters. The van der Waals surface area contributed by atoms with Crippen molar-refractivity contribution in [3.63, 3.8) is 0 Å². The first kappa shape index (κ1) is 22.0. The number of nitrogen functional groups attached to an aromatic ring is 2. The molecule has 0 aliphatic rings. The van der Waals surface area contributed by atoms with E-state index in [2.05, 4.69) is 15.3 Å². The van der Waals surface area contributed by atoms with E-state index in [9.17, 15) is 9.59 Å². The number of hydrogen-bond donors (Lipinski definition) is 4. The van der Waals surface area contributed by atoms with Gasteiger partial charge in [-0.25, -0.2) is 9.97 Å². The van der Waals surface area contributed by atoms with Crippen molar-refractivity contribution in [2.45, 2.75) is 31.5 Å². The van der Waals surface area contributed by atoms with Gasteiger partial charge in [-0.2, -0.15) is 0 Å². The van der Waals surface area contributed by atoms with Crippen molar-refractivity contribution in [1.82, 2.24) is 15.3 Å². The van der Waals surface area contributed by atoms with Gasteiger partial charge in [0, 0.05) is 22.4 Å². The molecule has 2 heterocycles. The second-order valence-corrected chi connectivity index (χ2v) is 9.55. The number of nitrogens with zero attached hydrogens (tertiary/aromatic N) is 2. The lowest BCUT2D eigenvalue weighted by atomic mass is 10.0. The third-order valence-corrected chi connectivity index (χ3v) is 6.04. The molecule has 1 aromatic carbocycles. The van der Waals surface area contributed by atoms with Gasteiger partial charge in [-0.05, 0) is 39.2 Å². The quantitative estimate of drug-likeness (QED) is 0.196. The molecule has 0 saturated carbocycles. The summed E-state index contributed by atoms with van der Waals surface area (Å²) >= 11 is 2.50. The molecule has 8 nitrogen and oxygen atoms in total. The Hall–Kier alpha value is -2.69. The minimum Gasteiger partial charge on any atom is -0.398 e. The van der Waals surface area contributed by atoms with E-state index in [1.54, 1.807) is 18.2 Å². The maximum atomic E-state index is 12.6. The Morgan fingerprint density at radius 1 is 1.20 bits per heavy atom. The number of carbonyl (C=O) groups excluding carboxylic acids is 2. The molecule has 3 rings (SSSR count). The van der Waals surface area contributed by atoms with E-state index in [0.29, 0.717) is 37.9 Å². The summed E-state index contributed by atoms with van der Waals surface area (Å²) in [5.41, 5.74) is 19.9. The smallest absolute Gasteiger partial charge is 0.260 e. The molecule has 158 valence electrons. The van der Waals surface area contributed by atoms with Crippen LogP contribution in [0.2, 0.25) is 0 Å². The number of rotatable bonds is 6. The standard InChI is InChI=1S/C20H24N6O2S2/c1-20(2,3)24-8-12(27)10-6-5-9(7-11(10)21)15-13-14(22)16(17(23)28)30-18(13)26-19(25-15)29-4/h5-7,24H,8,21-22H2,1-4H3,(H2,23,28). The van der Waals surface area contributed by atoms with Crippen LogP contribution < -0.4 is 22.5 Å². The van der Waals surface area contributed by atoms with Crippen LogP contribution in [0.1, 0.15) is 40.8 Å². The van der Waals surface area contributed by atoms with Crippen molar-refractivity contribution < 1.29 is 9.59 Å². The second kappa shape index (κ2) is 8.21. The molecule has 0 fully saturated rings. The molecule has 7 N–H and O–H groups in total. The maximum absolute atomic E-state index is 12.6. The normalized spacial score (nSPS) is 11.7. The number of nitrogens with two attached hydrogens (primary N) is 3. The zero-order chi connectivity index (χ0) is 22.2. The van der Waals surface area contributed by atoms with Gasteiger partial charge in [0.25, 0.3) is 5.91 Å². The summed E-state index contributed by atoms with van der Waals surface area (Å²) in [4.78, 5) is 34.1. The summed E-state index contributed by atoms with van der Waals surface area (Å²) in [6.07, 6.45) is 1.86. The van der Waals surface area contributed by atoms with E-state index in [4.69, 9.17) is 17.2 Å². The molecule has 0 radical (unpaired) electrons. The Kier molecular flexibility index (Phi) is 6.02. The highest BCUT2D eigenvalue weighted by Gasteiger charge is 2.22. The van der Waals surface area contributed by atoms with Crippen molar-refractivity contribution in [3.05, 3.63) is 28.6 Å². The van der Waals surface area contributed by atoms with E-state index in [0.717, 1.165) is 11.3 Å². The Balaban J connectivity index is 2.08. The number of benzene rings is 1. The predicted octanol–water partition coefficient (Wildman–Crippen LogP) is 2.91. The number of thioether (sulfide) groups is 1. The van der Waals surface area contributed by atoms with Crippen molar-refractivity contribution in [2.24, 2.45) is 5.73 Å². The van der Waals surface area contributed by atoms with Crippen LogP contribution in [0.3, 0.4) is 0 Å². The molecule has 1 amide bonds. The monoisotopic (exact) mass is 444 g/mol. The number of fused-ring (bicyclic) bond motifs is 1. The van der Waals surface area contributed by atoms with Gasteiger partial charge in [0.1, 0.15) is 9.71 Å². The predicted molar refractivity (Wildman–Crippen MR) is 124 cm³/mol. The van der Waals surface area contributed by atoms with Crippen LogP contribution in [0.5, 0.6) is 0 Å². The van der Waals surface area contributed by atoms with Crippen LogP contribution in [0.15, 0.2) is 23.4 Å². The molecule has 0 aliphatic carbocycles. The van der Waals surface area contributed by atoms with E-state index in [1.165, 1.54) is 11.8 Å². The molecule has 0 aliphatic heterocycles. The maximum Gasteiger partial charge on any atom is 0.260 e. The minimum atomic E-state index is -0.612. The molecular formula is C20H24N6O2S2. The summed E-state index contributed by atoms with van der Waals surface area (Å²) in [6.45, 7) is 6.15. The van der Waals surface area contributed by atoms with Gasteiger partial charge < -0.3 is 22.5 Å². The fraction of sp³-hybridized carbons (Fsp3) is 0.300. The highest BCUT2D eigenvalue weighted by molar-refractivity contribution is 7.98. The van der Waals surface area contributed by atoms with Crippen molar-refractivity contribution >= 4 is 56.4 Å². The fourth-order valence-electron chi connectivity index (χ4n) is 2.89. The highest BCUT2D eigenvalue weighted by atomic mass is 32.2.